The Morgan fingerprint density at radius 2 is 1.86 bits per heavy atom. The molecule has 2 aliphatic rings. The molecule has 0 unspecified atom stereocenters. The first-order chi connectivity index (χ1) is 13.5. The highest BCUT2D eigenvalue weighted by Crippen LogP contribution is 2.36. The smallest absolute Gasteiger partial charge is 0.254 e. The van der Waals surface area contributed by atoms with Gasteiger partial charge in [0.15, 0.2) is 11.6 Å². The Balaban J connectivity index is 1.45. The van der Waals surface area contributed by atoms with Gasteiger partial charge in [0, 0.05) is 30.4 Å². The van der Waals surface area contributed by atoms with E-state index in [0.717, 1.165) is 19.3 Å². The third-order valence-electron chi connectivity index (χ3n) is 6.22. The van der Waals surface area contributed by atoms with E-state index in [0.29, 0.717) is 49.9 Å². The van der Waals surface area contributed by atoms with Crippen molar-refractivity contribution in [3.63, 3.8) is 0 Å². The van der Waals surface area contributed by atoms with Gasteiger partial charge in [0.05, 0.1) is 6.20 Å². The molecule has 1 aliphatic carbocycles. The Kier molecular flexibility index (Phi) is 5.19. The van der Waals surface area contributed by atoms with Crippen LogP contribution in [0.25, 0.3) is 11.1 Å². The maximum absolute atomic E-state index is 14.7. The van der Waals surface area contributed by atoms with E-state index in [1.165, 1.54) is 12.4 Å². The molecular weight excluding hydrogens is 364 g/mol. The summed E-state index contributed by atoms with van der Waals surface area (Å²) in [7, 11) is 0. The van der Waals surface area contributed by atoms with Gasteiger partial charge in [-0.15, -0.1) is 0 Å². The molecule has 7 heteroatoms. The molecule has 1 saturated carbocycles. The summed E-state index contributed by atoms with van der Waals surface area (Å²) in [5, 5.41) is 17.0. The normalized spacial score (nSPS) is 20.3. The molecule has 1 aliphatic heterocycles. The van der Waals surface area contributed by atoms with E-state index in [1.54, 1.807) is 17.0 Å². The van der Waals surface area contributed by atoms with Gasteiger partial charge in [-0.25, -0.2) is 8.78 Å². The molecule has 28 heavy (non-hydrogen) atoms. The summed E-state index contributed by atoms with van der Waals surface area (Å²) in [6.45, 7) is 0.909. The number of benzene rings is 1. The van der Waals surface area contributed by atoms with Gasteiger partial charge in [-0.05, 0) is 37.2 Å². The van der Waals surface area contributed by atoms with E-state index in [9.17, 15) is 18.7 Å². The lowest BCUT2D eigenvalue weighted by Crippen LogP contribution is -2.52. The zero-order chi connectivity index (χ0) is 19.7. The lowest BCUT2D eigenvalue weighted by atomic mass is 9.82. The second-order valence-corrected chi connectivity index (χ2v) is 7.98. The summed E-state index contributed by atoms with van der Waals surface area (Å²) in [6.07, 6.45) is 7.92. The van der Waals surface area contributed by atoms with Gasteiger partial charge >= 0.3 is 0 Å². The van der Waals surface area contributed by atoms with Crippen LogP contribution >= 0.6 is 0 Å². The fraction of sp³-hybridized carbons (Fsp3) is 0.524. The molecular formula is C21H25F2N3O2. The number of aromatic nitrogens is 2. The molecule has 150 valence electrons. The van der Waals surface area contributed by atoms with E-state index >= 15 is 0 Å². The van der Waals surface area contributed by atoms with Crippen LogP contribution in [0.15, 0.2) is 24.5 Å². The van der Waals surface area contributed by atoms with E-state index in [-0.39, 0.29) is 17.4 Å². The number of nitrogens with zero attached hydrogens (tertiary/aromatic N) is 2. The van der Waals surface area contributed by atoms with Crippen molar-refractivity contribution < 1.29 is 18.7 Å². The highest BCUT2D eigenvalue weighted by Gasteiger charge is 2.41. The Morgan fingerprint density at radius 3 is 2.50 bits per heavy atom. The summed E-state index contributed by atoms with van der Waals surface area (Å²) in [5.74, 6) is -2.03. The fourth-order valence-electron chi connectivity index (χ4n) is 4.54. The van der Waals surface area contributed by atoms with Crippen LogP contribution < -0.4 is 0 Å². The second-order valence-electron chi connectivity index (χ2n) is 7.98. The third kappa shape index (κ3) is 3.43. The summed E-state index contributed by atoms with van der Waals surface area (Å²) in [6, 6.07) is 3.22. The number of amides is 1. The first kappa shape index (κ1) is 19.1. The molecule has 2 aromatic rings. The highest BCUT2D eigenvalue weighted by atomic mass is 19.2. The molecule has 1 amide bonds. The Bertz CT molecular complexity index is 840. The third-order valence-corrected chi connectivity index (χ3v) is 6.22. The fourth-order valence-corrected chi connectivity index (χ4v) is 4.54. The van der Waals surface area contributed by atoms with Crippen LogP contribution in [0.4, 0.5) is 8.78 Å². The number of hydrogen-bond acceptors (Lipinski definition) is 3. The van der Waals surface area contributed by atoms with E-state index in [1.807, 2.05) is 0 Å². The van der Waals surface area contributed by atoms with Crippen LogP contribution in [0, 0.1) is 11.6 Å². The second kappa shape index (κ2) is 7.62. The first-order valence-electron chi connectivity index (χ1n) is 9.98. The first-order valence-corrected chi connectivity index (χ1v) is 9.98. The quantitative estimate of drug-likeness (QED) is 0.840. The SMILES string of the molecule is O=C(N1CCC(c2ccc(-c3cn[nH]c3)c(F)c2F)CC1)C1(O)CCCCC1. The van der Waals surface area contributed by atoms with Crippen LogP contribution in [0.3, 0.4) is 0 Å². The Hall–Kier alpha value is -2.28. The Morgan fingerprint density at radius 1 is 1.14 bits per heavy atom. The average molecular weight is 389 g/mol. The molecule has 1 saturated heterocycles. The van der Waals surface area contributed by atoms with Gasteiger partial charge in [0.2, 0.25) is 0 Å². The van der Waals surface area contributed by atoms with Gasteiger partial charge in [0.25, 0.3) is 5.91 Å². The number of halogens is 2. The highest BCUT2D eigenvalue weighted by molar-refractivity contribution is 5.85. The van der Waals surface area contributed by atoms with Crippen molar-refractivity contribution in [1.82, 2.24) is 15.1 Å². The van der Waals surface area contributed by atoms with E-state index in [2.05, 4.69) is 10.2 Å². The van der Waals surface area contributed by atoms with Crippen LogP contribution in [-0.2, 0) is 4.79 Å². The van der Waals surface area contributed by atoms with Gasteiger partial charge < -0.3 is 10.0 Å². The number of nitrogens with one attached hydrogen (secondary N) is 1. The number of carbonyl (C=O) groups is 1. The molecule has 0 radical (unpaired) electrons. The van der Waals surface area contributed by atoms with Gasteiger partial charge in [-0.3, -0.25) is 9.89 Å². The maximum Gasteiger partial charge on any atom is 0.254 e. The predicted octanol–water partition coefficient (Wildman–Crippen LogP) is 3.76. The molecule has 0 spiro atoms. The van der Waals surface area contributed by atoms with Crippen LogP contribution in [0.2, 0.25) is 0 Å². The number of hydrogen-bond donors (Lipinski definition) is 2. The monoisotopic (exact) mass is 389 g/mol. The standard InChI is InChI=1S/C21H25F2N3O2/c22-18-16(4-5-17(19(18)23)15-12-24-25-13-15)14-6-10-26(11-7-14)20(27)21(28)8-2-1-3-9-21/h4-5,12-14,28H,1-3,6-11H2,(H,24,25). The molecule has 2 fully saturated rings. The van der Waals surface area contributed by atoms with Gasteiger partial charge in [0.1, 0.15) is 5.60 Å². The number of rotatable bonds is 3. The maximum atomic E-state index is 14.7. The van der Waals surface area contributed by atoms with Crippen molar-refractivity contribution in [3.8, 4) is 11.1 Å². The van der Waals surface area contributed by atoms with Crippen LogP contribution in [0.1, 0.15) is 56.4 Å². The molecule has 2 heterocycles. The molecule has 0 bridgehead atoms. The summed E-state index contributed by atoms with van der Waals surface area (Å²) < 4.78 is 29.3. The molecule has 1 aromatic carbocycles. The topological polar surface area (TPSA) is 69.2 Å². The number of carbonyl (C=O) groups excluding carboxylic acids is 1. The predicted molar refractivity (Wildman–Crippen MR) is 101 cm³/mol. The lowest BCUT2D eigenvalue weighted by molar-refractivity contribution is -0.155. The zero-order valence-electron chi connectivity index (χ0n) is 15.8. The molecule has 2 N–H and O–H groups in total. The summed E-state index contributed by atoms with van der Waals surface area (Å²) in [4.78, 5) is 14.4. The van der Waals surface area contributed by atoms with Gasteiger partial charge in [-0.1, -0.05) is 31.4 Å². The van der Waals surface area contributed by atoms with E-state index in [4.69, 9.17) is 0 Å². The minimum absolute atomic E-state index is 0.141. The van der Waals surface area contributed by atoms with Crippen LogP contribution in [-0.4, -0.2) is 44.8 Å². The number of aliphatic hydroxyl groups is 1. The number of aromatic amines is 1. The van der Waals surface area contributed by atoms with Crippen molar-refractivity contribution >= 4 is 5.91 Å². The lowest BCUT2D eigenvalue weighted by Gasteiger charge is -2.39. The zero-order valence-corrected chi connectivity index (χ0v) is 15.8. The average Bonchev–Trinajstić information content (AvgIpc) is 3.25. The molecule has 5 nitrogen and oxygen atoms in total. The summed E-state index contributed by atoms with van der Waals surface area (Å²) >= 11 is 0. The van der Waals surface area contributed by atoms with Crippen molar-refractivity contribution in [3.05, 3.63) is 41.7 Å². The molecule has 1 aromatic heterocycles. The van der Waals surface area contributed by atoms with Crippen molar-refractivity contribution in [2.24, 2.45) is 0 Å². The number of piperidine rings is 1. The van der Waals surface area contributed by atoms with E-state index < -0.39 is 17.2 Å². The minimum atomic E-state index is -1.24. The van der Waals surface area contributed by atoms with Crippen molar-refractivity contribution in [2.75, 3.05) is 13.1 Å². The molecule has 0 atom stereocenters. The minimum Gasteiger partial charge on any atom is -0.380 e. The summed E-state index contributed by atoms with van der Waals surface area (Å²) in [5.41, 5.74) is -0.200. The number of H-pyrrole nitrogens is 1. The number of likely N-dealkylation sites (tertiary alicyclic amines) is 1. The van der Waals surface area contributed by atoms with Crippen molar-refractivity contribution in [1.29, 1.82) is 0 Å². The van der Waals surface area contributed by atoms with Gasteiger partial charge in [-0.2, -0.15) is 5.10 Å². The van der Waals surface area contributed by atoms with Crippen molar-refractivity contribution in [2.45, 2.75) is 56.5 Å². The largest absolute Gasteiger partial charge is 0.380 e. The Labute approximate surface area is 162 Å². The molecule has 4 rings (SSSR count). The van der Waals surface area contributed by atoms with Crippen LogP contribution in [0.5, 0.6) is 0 Å².